The van der Waals surface area contributed by atoms with Crippen LogP contribution >= 0.6 is 0 Å². The molecule has 0 radical (unpaired) electrons. The van der Waals surface area contributed by atoms with E-state index in [1.807, 2.05) is 100 Å². The van der Waals surface area contributed by atoms with E-state index in [0.29, 0.717) is 0 Å². The summed E-state index contributed by atoms with van der Waals surface area (Å²) in [5, 5.41) is 16.3. The van der Waals surface area contributed by atoms with Crippen molar-refractivity contribution in [3.8, 4) is 0 Å². The van der Waals surface area contributed by atoms with Crippen LogP contribution in [0.5, 0.6) is 0 Å². The van der Waals surface area contributed by atoms with Gasteiger partial charge in [-0.1, -0.05) is 48.5 Å². The van der Waals surface area contributed by atoms with Gasteiger partial charge in [-0.05, 0) is 76.2 Å². The Morgan fingerprint density at radius 3 is 0.957 bits per heavy atom. The minimum absolute atomic E-state index is 0.232. The van der Waals surface area contributed by atoms with Crippen LogP contribution in [-0.2, 0) is 0 Å². The van der Waals surface area contributed by atoms with Crippen LogP contribution in [0.15, 0.2) is 97.1 Å². The number of aliphatic hydroxyl groups is 1. The summed E-state index contributed by atoms with van der Waals surface area (Å²) in [6.07, 6.45) is -0.859. The van der Waals surface area contributed by atoms with E-state index in [1.165, 1.54) is 0 Å². The van der Waals surface area contributed by atoms with Crippen LogP contribution in [0.3, 0.4) is 0 Å². The number of benzene rings is 4. The van der Waals surface area contributed by atoms with Crippen LogP contribution in [0, 0.1) is 27.7 Å². The summed E-state index contributed by atoms with van der Waals surface area (Å²) < 4.78 is 8.28. The van der Waals surface area contributed by atoms with Crippen molar-refractivity contribution in [3.63, 3.8) is 0 Å². The zero-order chi connectivity index (χ0) is 31.5. The number of aliphatic hydroxyl groups excluding tert-OH is 1. The molecule has 0 atom stereocenters. The summed E-state index contributed by atoms with van der Waals surface area (Å²) >= 11 is 0. The average Bonchev–Trinajstić information content (AvgIpc) is 3.77. The number of hydrogen-bond acceptors (Lipinski definition) is 7. The lowest BCUT2D eigenvalue weighted by Gasteiger charge is -2.35. The molecule has 4 aromatic heterocycles. The fraction of sp³-hybridized carbons (Fsp3) is 0.200. The first-order valence-corrected chi connectivity index (χ1v) is 15.4. The van der Waals surface area contributed by atoms with Crippen LogP contribution in [0.2, 0.25) is 0 Å². The third-order valence-corrected chi connectivity index (χ3v) is 8.47. The van der Waals surface area contributed by atoms with E-state index in [9.17, 15) is 5.11 Å². The van der Waals surface area contributed by atoms with Gasteiger partial charge in [0.05, 0.1) is 63.3 Å². The van der Waals surface area contributed by atoms with Crippen molar-refractivity contribution < 1.29 is 5.11 Å². The Bertz CT molecular complexity index is 2050. The lowest BCUT2D eigenvalue weighted by Crippen LogP contribution is -2.52. The molecule has 8 rings (SSSR count). The highest BCUT2D eigenvalue weighted by Crippen LogP contribution is 2.24. The Morgan fingerprint density at radius 2 is 0.696 bits per heavy atom. The van der Waals surface area contributed by atoms with Crippen molar-refractivity contribution in [2.24, 2.45) is 0 Å². The molecule has 11 heteroatoms. The Labute approximate surface area is 265 Å². The maximum absolute atomic E-state index is 12.2. The van der Waals surface area contributed by atoms with E-state index in [0.717, 1.165) is 67.4 Å². The van der Waals surface area contributed by atoms with Crippen molar-refractivity contribution >= 4 is 44.1 Å². The maximum atomic E-state index is 12.2. The minimum atomic E-state index is -0.859. The molecule has 0 aliphatic rings. The molecular formula is C35H34N10O. The van der Waals surface area contributed by atoms with E-state index in [-0.39, 0.29) is 13.1 Å². The second kappa shape index (κ2) is 10.7. The van der Waals surface area contributed by atoms with Crippen LogP contribution in [-0.4, -0.2) is 62.9 Å². The Morgan fingerprint density at radius 1 is 0.457 bits per heavy atom. The monoisotopic (exact) mass is 610 g/mol. The van der Waals surface area contributed by atoms with E-state index >= 15 is 0 Å². The number of nitrogens with zero attached hydrogens (tertiary/aromatic N) is 10. The van der Waals surface area contributed by atoms with Crippen LogP contribution in [0.25, 0.3) is 44.1 Å². The zero-order valence-corrected chi connectivity index (χ0v) is 26.1. The van der Waals surface area contributed by atoms with Crippen molar-refractivity contribution in [2.45, 2.75) is 33.8 Å². The Kier molecular flexibility index (Phi) is 6.50. The third-order valence-electron chi connectivity index (χ3n) is 8.47. The number of rotatable bonds is 8. The summed E-state index contributed by atoms with van der Waals surface area (Å²) in [6, 6.07) is 32.2. The van der Waals surface area contributed by atoms with Gasteiger partial charge in [0, 0.05) is 0 Å². The molecule has 11 nitrogen and oxygen atoms in total. The highest BCUT2D eigenvalue weighted by Gasteiger charge is 2.27. The molecule has 0 aliphatic heterocycles. The molecular weight excluding hydrogens is 576 g/mol. The first-order valence-electron chi connectivity index (χ1n) is 15.4. The van der Waals surface area contributed by atoms with Crippen molar-refractivity contribution in [3.05, 3.63) is 120 Å². The van der Waals surface area contributed by atoms with Crippen molar-refractivity contribution in [1.29, 1.82) is 0 Å². The van der Waals surface area contributed by atoms with Gasteiger partial charge >= 0.3 is 0 Å². The van der Waals surface area contributed by atoms with Crippen molar-refractivity contribution in [2.75, 3.05) is 23.3 Å². The first kappa shape index (κ1) is 27.8. The summed E-state index contributed by atoms with van der Waals surface area (Å²) in [5.74, 6) is 3.20. The van der Waals surface area contributed by atoms with Gasteiger partial charge in [0.25, 0.3) is 0 Å². The molecule has 4 aromatic carbocycles. The fourth-order valence-electron chi connectivity index (χ4n) is 6.64. The number of imidazole rings is 4. The molecule has 0 unspecified atom stereocenters. The number of aromatic nitrogens is 8. The van der Waals surface area contributed by atoms with Crippen LogP contribution in [0.4, 0.5) is 0 Å². The van der Waals surface area contributed by atoms with Gasteiger partial charge in [0.15, 0.2) is 0 Å². The molecule has 4 heterocycles. The molecule has 0 bridgehead atoms. The highest BCUT2D eigenvalue weighted by atomic mass is 16.3. The predicted molar refractivity (Wildman–Crippen MR) is 181 cm³/mol. The summed E-state index contributed by atoms with van der Waals surface area (Å²) in [7, 11) is 0. The Balaban J connectivity index is 1.28. The smallest absolute Gasteiger partial charge is 0.127 e. The van der Waals surface area contributed by atoms with E-state index in [1.54, 1.807) is 0 Å². The van der Waals surface area contributed by atoms with Crippen LogP contribution < -0.4 is 10.2 Å². The van der Waals surface area contributed by atoms with E-state index < -0.39 is 6.10 Å². The van der Waals surface area contributed by atoms with Gasteiger partial charge in [-0.2, -0.15) is 0 Å². The second-order valence-electron chi connectivity index (χ2n) is 11.6. The molecule has 0 saturated carbocycles. The zero-order valence-electron chi connectivity index (χ0n) is 26.1. The summed E-state index contributed by atoms with van der Waals surface area (Å²) in [5.41, 5.74) is 7.27. The minimum Gasteiger partial charge on any atom is -0.389 e. The second-order valence-corrected chi connectivity index (χ2v) is 11.6. The van der Waals surface area contributed by atoms with Gasteiger partial charge in [-0.3, -0.25) is 0 Å². The van der Waals surface area contributed by atoms with Gasteiger partial charge in [0.1, 0.15) is 23.3 Å². The Hall–Kier alpha value is -5.68. The number of fused-ring (bicyclic) bond motifs is 4. The molecule has 0 fully saturated rings. The third kappa shape index (κ3) is 4.39. The standard InChI is InChI=1S/C35H34N10O/c1-23-36-28-13-5-9-17-32(28)42(23)40(43-24(2)37-29-14-6-10-18-33(29)43)21-27(46)22-41(44-25(3)38-30-15-7-11-19-34(30)44)45-26(4)39-31-16-8-12-20-35(31)45/h5-20,27,46H,21-22H2,1-4H3. The maximum Gasteiger partial charge on any atom is 0.127 e. The van der Waals surface area contributed by atoms with Crippen molar-refractivity contribution in [1.82, 2.24) is 38.6 Å². The number of para-hydroxylation sites is 8. The van der Waals surface area contributed by atoms with Gasteiger partial charge < -0.3 is 5.11 Å². The lowest BCUT2D eigenvalue weighted by molar-refractivity contribution is 0.162. The van der Waals surface area contributed by atoms with E-state index in [4.69, 9.17) is 19.9 Å². The predicted octanol–water partition coefficient (Wildman–Crippen LogP) is 5.18. The summed E-state index contributed by atoms with van der Waals surface area (Å²) in [6.45, 7) is 8.42. The molecule has 0 spiro atoms. The van der Waals surface area contributed by atoms with Crippen LogP contribution in [0.1, 0.15) is 23.3 Å². The largest absolute Gasteiger partial charge is 0.389 e. The van der Waals surface area contributed by atoms with Gasteiger partial charge in [-0.15, -0.1) is 0 Å². The van der Waals surface area contributed by atoms with E-state index in [2.05, 4.69) is 53.2 Å². The van der Waals surface area contributed by atoms with Gasteiger partial charge in [-0.25, -0.2) is 48.9 Å². The fourth-order valence-corrected chi connectivity index (χ4v) is 6.64. The average molecular weight is 611 g/mol. The molecule has 230 valence electrons. The van der Waals surface area contributed by atoms with Gasteiger partial charge in [0.2, 0.25) is 0 Å². The molecule has 8 aromatic rings. The molecule has 0 amide bonds. The SMILES string of the molecule is Cc1nc2ccccc2n1N(CC(O)CN(n1c(C)nc2ccccc21)n1c(C)nc2ccccc21)n1c(C)nc2ccccc21. The molecule has 0 aliphatic carbocycles. The normalized spacial score (nSPS) is 12.0. The quantitative estimate of drug-likeness (QED) is 0.253. The topological polar surface area (TPSA) is 98.0 Å². The molecule has 0 saturated heterocycles. The number of aryl methyl sites for hydroxylation is 4. The molecule has 46 heavy (non-hydrogen) atoms. The first-order chi connectivity index (χ1) is 22.4. The molecule has 1 N–H and O–H groups in total. The highest BCUT2D eigenvalue weighted by molar-refractivity contribution is 5.80. The summed E-state index contributed by atoms with van der Waals surface area (Å²) in [4.78, 5) is 19.5. The number of hydrogen-bond donors (Lipinski definition) is 1. The lowest BCUT2D eigenvalue weighted by atomic mass is 10.3.